The molecule has 1 aliphatic rings. The molecule has 2 aromatic carbocycles. The van der Waals surface area contributed by atoms with Gasteiger partial charge in [0.25, 0.3) is 0 Å². The number of rotatable bonds is 6. The van der Waals surface area contributed by atoms with Crippen LogP contribution in [0, 0.1) is 0 Å². The van der Waals surface area contributed by atoms with Crippen molar-refractivity contribution in [1.29, 1.82) is 0 Å². The van der Waals surface area contributed by atoms with E-state index in [1.54, 1.807) is 7.11 Å². The van der Waals surface area contributed by atoms with E-state index < -0.39 is 0 Å². The van der Waals surface area contributed by atoms with E-state index in [-0.39, 0.29) is 0 Å². The van der Waals surface area contributed by atoms with Gasteiger partial charge in [-0.3, -0.25) is 4.90 Å². The number of methoxy groups -OCH3 is 1. The van der Waals surface area contributed by atoms with E-state index in [9.17, 15) is 0 Å². The van der Waals surface area contributed by atoms with Crippen LogP contribution in [-0.4, -0.2) is 44.8 Å². The molecule has 0 N–H and O–H groups in total. The van der Waals surface area contributed by atoms with Crippen LogP contribution in [0.3, 0.4) is 0 Å². The number of hydrogen-bond acceptors (Lipinski definition) is 4. The summed E-state index contributed by atoms with van der Waals surface area (Å²) in [6.07, 6.45) is 0. The molecule has 0 amide bonds. The molecule has 0 spiro atoms. The zero-order valence-electron chi connectivity index (χ0n) is 14.0. The van der Waals surface area contributed by atoms with Crippen LogP contribution < -0.4 is 4.90 Å². The molecular weight excluding hydrogens is 304 g/mol. The minimum Gasteiger partial charge on any atom is -0.383 e. The molecule has 0 fully saturated rings. The van der Waals surface area contributed by atoms with Crippen molar-refractivity contribution in [3.8, 4) is 0 Å². The third kappa shape index (κ3) is 3.55. The minimum absolute atomic E-state index is 0.439. The number of benzene rings is 2. The minimum atomic E-state index is 0.439. The van der Waals surface area contributed by atoms with Gasteiger partial charge in [0.1, 0.15) is 0 Å². The van der Waals surface area contributed by atoms with E-state index in [1.165, 1.54) is 21.2 Å². The van der Waals surface area contributed by atoms with Crippen LogP contribution in [-0.2, 0) is 4.74 Å². The Hall–Kier alpha value is -1.49. The first-order valence-corrected chi connectivity index (χ1v) is 8.85. The lowest BCUT2D eigenvalue weighted by molar-refractivity contribution is 0.144. The molecule has 0 aliphatic carbocycles. The first-order valence-electron chi connectivity index (χ1n) is 8.03. The molecule has 2 aromatic rings. The normalized spacial score (nSPS) is 14.5. The maximum Gasteiger partial charge on any atom is 0.0589 e. The molecule has 1 aliphatic heterocycles. The van der Waals surface area contributed by atoms with Crippen molar-refractivity contribution in [1.82, 2.24) is 4.90 Å². The number of hydrogen-bond donors (Lipinski definition) is 0. The van der Waals surface area contributed by atoms with Gasteiger partial charge in [0.2, 0.25) is 0 Å². The third-order valence-corrected chi connectivity index (χ3v) is 5.51. The predicted octanol–water partition coefficient (Wildman–Crippen LogP) is 4.26. The Labute approximate surface area is 143 Å². The first-order chi connectivity index (χ1) is 11.2. The van der Waals surface area contributed by atoms with Crippen LogP contribution in [0.1, 0.15) is 6.92 Å². The Balaban J connectivity index is 1.86. The molecule has 122 valence electrons. The number of anilines is 2. The fourth-order valence-corrected chi connectivity index (χ4v) is 3.93. The molecular formula is C19H24N2OS. The average molecular weight is 328 g/mol. The maximum absolute atomic E-state index is 5.21. The number of likely N-dealkylation sites (N-methyl/N-ethyl adjacent to an activating group) is 1. The summed E-state index contributed by atoms with van der Waals surface area (Å²) in [4.78, 5) is 7.47. The number of nitrogens with zero attached hydrogens (tertiary/aromatic N) is 2. The second-order valence-electron chi connectivity index (χ2n) is 5.97. The fraction of sp³-hybridized carbons (Fsp3) is 0.368. The van der Waals surface area contributed by atoms with Gasteiger partial charge in [-0.2, -0.15) is 0 Å². The fourth-order valence-electron chi connectivity index (χ4n) is 2.84. The molecule has 3 nitrogen and oxygen atoms in total. The second kappa shape index (κ2) is 7.39. The van der Waals surface area contributed by atoms with Crippen LogP contribution in [0.5, 0.6) is 0 Å². The third-order valence-electron chi connectivity index (χ3n) is 4.38. The largest absolute Gasteiger partial charge is 0.383 e. The first kappa shape index (κ1) is 16.4. The summed E-state index contributed by atoms with van der Waals surface area (Å²) in [7, 11) is 3.92. The van der Waals surface area contributed by atoms with Gasteiger partial charge in [0.15, 0.2) is 0 Å². The zero-order chi connectivity index (χ0) is 16.2. The van der Waals surface area contributed by atoms with Crippen molar-refractivity contribution in [2.24, 2.45) is 0 Å². The summed E-state index contributed by atoms with van der Waals surface area (Å²) in [5, 5.41) is 0. The zero-order valence-corrected chi connectivity index (χ0v) is 14.8. The van der Waals surface area contributed by atoms with Crippen LogP contribution in [0.15, 0.2) is 58.3 Å². The lowest BCUT2D eigenvalue weighted by atomic mass is 10.2. The van der Waals surface area contributed by atoms with Gasteiger partial charge in [-0.15, -0.1) is 0 Å². The SMILES string of the molecule is COCCN(C)C(C)CN1c2ccccc2Sc2ccccc21. The van der Waals surface area contributed by atoms with E-state index in [0.29, 0.717) is 6.04 Å². The number of para-hydroxylation sites is 2. The van der Waals surface area contributed by atoms with E-state index in [0.717, 1.165) is 19.7 Å². The van der Waals surface area contributed by atoms with E-state index in [1.807, 2.05) is 11.8 Å². The molecule has 4 heteroatoms. The molecule has 3 rings (SSSR count). The van der Waals surface area contributed by atoms with Gasteiger partial charge in [-0.1, -0.05) is 36.0 Å². The maximum atomic E-state index is 5.21. The monoisotopic (exact) mass is 328 g/mol. The summed E-state index contributed by atoms with van der Waals surface area (Å²) in [6.45, 7) is 4.96. The topological polar surface area (TPSA) is 15.7 Å². The number of fused-ring (bicyclic) bond motifs is 2. The van der Waals surface area contributed by atoms with Crippen LogP contribution in [0.2, 0.25) is 0 Å². The molecule has 1 atom stereocenters. The van der Waals surface area contributed by atoms with E-state index >= 15 is 0 Å². The van der Waals surface area contributed by atoms with Crippen LogP contribution in [0.25, 0.3) is 0 Å². The van der Waals surface area contributed by atoms with Gasteiger partial charge in [-0.05, 0) is 38.2 Å². The standard InChI is InChI=1S/C19H24N2OS/c1-15(20(2)12-13-22-3)14-21-16-8-4-6-10-18(16)23-19-11-7-5-9-17(19)21/h4-11,15H,12-14H2,1-3H3. The molecule has 0 bridgehead atoms. The van der Waals surface area contributed by atoms with E-state index in [2.05, 4.69) is 72.3 Å². The molecule has 0 saturated heterocycles. The summed E-state index contributed by atoms with van der Waals surface area (Å²) >= 11 is 1.86. The summed E-state index contributed by atoms with van der Waals surface area (Å²) in [6, 6.07) is 17.8. The average Bonchev–Trinajstić information content (AvgIpc) is 2.59. The van der Waals surface area contributed by atoms with Gasteiger partial charge >= 0.3 is 0 Å². The van der Waals surface area contributed by atoms with Gasteiger partial charge in [0, 0.05) is 36.0 Å². The molecule has 1 heterocycles. The lowest BCUT2D eigenvalue weighted by Crippen LogP contribution is -2.40. The number of ether oxygens (including phenoxy) is 1. The lowest BCUT2D eigenvalue weighted by Gasteiger charge is -2.36. The van der Waals surface area contributed by atoms with Crippen LogP contribution in [0.4, 0.5) is 11.4 Å². The Morgan fingerprint density at radius 1 is 1.04 bits per heavy atom. The van der Waals surface area contributed by atoms with Crippen molar-refractivity contribution >= 4 is 23.1 Å². The summed E-state index contributed by atoms with van der Waals surface area (Å²) < 4.78 is 5.21. The smallest absolute Gasteiger partial charge is 0.0589 e. The van der Waals surface area contributed by atoms with Crippen molar-refractivity contribution in [3.63, 3.8) is 0 Å². The molecule has 0 aromatic heterocycles. The highest BCUT2D eigenvalue weighted by Gasteiger charge is 2.24. The van der Waals surface area contributed by atoms with E-state index in [4.69, 9.17) is 4.74 Å². The van der Waals surface area contributed by atoms with Crippen molar-refractivity contribution in [2.45, 2.75) is 22.8 Å². The predicted molar refractivity (Wildman–Crippen MR) is 98.0 cm³/mol. The van der Waals surface area contributed by atoms with Crippen LogP contribution >= 0.6 is 11.8 Å². The molecule has 1 unspecified atom stereocenters. The summed E-state index contributed by atoms with van der Waals surface area (Å²) in [5.41, 5.74) is 2.62. The Morgan fingerprint density at radius 2 is 1.61 bits per heavy atom. The Kier molecular flexibility index (Phi) is 5.26. The quantitative estimate of drug-likeness (QED) is 0.787. The molecule has 0 saturated carbocycles. The van der Waals surface area contributed by atoms with Gasteiger partial charge in [0.05, 0.1) is 18.0 Å². The highest BCUT2D eigenvalue weighted by Crippen LogP contribution is 2.47. The molecule has 23 heavy (non-hydrogen) atoms. The highest BCUT2D eigenvalue weighted by molar-refractivity contribution is 7.99. The summed E-state index contributed by atoms with van der Waals surface area (Å²) in [5.74, 6) is 0. The van der Waals surface area contributed by atoms with Gasteiger partial charge < -0.3 is 9.64 Å². The second-order valence-corrected chi connectivity index (χ2v) is 7.05. The Bertz CT molecular complexity index is 616. The van der Waals surface area contributed by atoms with Crippen molar-refractivity contribution in [3.05, 3.63) is 48.5 Å². The van der Waals surface area contributed by atoms with Crippen molar-refractivity contribution in [2.75, 3.05) is 38.8 Å². The molecule has 0 radical (unpaired) electrons. The van der Waals surface area contributed by atoms with Crippen molar-refractivity contribution < 1.29 is 4.74 Å². The Morgan fingerprint density at radius 3 is 2.17 bits per heavy atom. The highest BCUT2D eigenvalue weighted by atomic mass is 32.2. The van der Waals surface area contributed by atoms with Gasteiger partial charge in [-0.25, -0.2) is 0 Å².